The van der Waals surface area contributed by atoms with E-state index in [1.807, 2.05) is 0 Å². The number of carbonyl (C=O) groups excluding carboxylic acids is 1. The van der Waals surface area contributed by atoms with Crippen LogP contribution in [0.3, 0.4) is 0 Å². The first-order chi connectivity index (χ1) is 16.3. The molecule has 1 aliphatic heterocycles. The van der Waals surface area contributed by atoms with Crippen LogP contribution in [0.4, 0.5) is 5.69 Å². The Morgan fingerprint density at radius 3 is 2.29 bits per heavy atom. The number of aromatic nitrogens is 1. The largest absolute Gasteiger partial charge is 0.465 e. The maximum absolute atomic E-state index is 12.6. The number of esters is 1. The summed E-state index contributed by atoms with van der Waals surface area (Å²) in [6.07, 6.45) is 3.06. The molecule has 0 atom stereocenters. The number of benzene rings is 2. The number of rotatable bonds is 4. The van der Waals surface area contributed by atoms with Crippen molar-refractivity contribution in [2.24, 2.45) is 7.05 Å². The minimum Gasteiger partial charge on any atom is -0.465 e. The topological polar surface area (TPSA) is 202 Å². The van der Waals surface area contributed by atoms with Crippen LogP contribution in [0.2, 0.25) is 0 Å². The summed E-state index contributed by atoms with van der Waals surface area (Å²) in [6, 6.07) is 6.42. The van der Waals surface area contributed by atoms with Crippen LogP contribution in [-0.2, 0) is 32.0 Å². The molecule has 0 saturated heterocycles. The predicted octanol–water partition coefficient (Wildman–Crippen LogP) is 1.37. The molecule has 14 heteroatoms. The third-order valence-electron chi connectivity index (χ3n) is 5.29. The Morgan fingerprint density at radius 2 is 1.69 bits per heavy atom. The highest BCUT2D eigenvalue weighted by Crippen LogP contribution is 2.45. The first kappa shape index (κ1) is 24.3. The van der Waals surface area contributed by atoms with Crippen molar-refractivity contribution in [3.05, 3.63) is 53.6 Å². The van der Waals surface area contributed by atoms with E-state index in [0.29, 0.717) is 0 Å². The van der Waals surface area contributed by atoms with Gasteiger partial charge in [-0.05, 0) is 24.3 Å². The minimum absolute atomic E-state index is 0.0172. The molecule has 12 nitrogen and oxygen atoms in total. The summed E-state index contributed by atoms with van der Waals surface area (Å²) in [5.74, 6) is -1.33. The summed E-state index contributed by atoms with van der Waals surface area (Å²) in [5.41, 5.74) is 5.18. The van der Waals surface area contributed by atoms with Gasteiger partial charge in [-0.2, -0.15) is 16.8 Å². The molecule has 0 unspecified atom stereocenters. The minimum atomic E-state index is -5.05. The van der Waals surface area contributed by atoms with Gasteiger partial charge in [0.25, 0.3) is 20.2 Å². The summed E-state index contributed by atoms with van der Waals surface area (Å²) in [4.78, 5) is 10.8. The number of ether oxygens (including phenoxy) is 1. The van der Waals surface area contributed by atoms with Gasteiger partial charge in [0.2, 0.25) is 0 Å². The van der Waals surface area contributed by atoms with Crippen molar-refractivity contribution in [3.63, 3.8) is 0 Å². The summed E-state index contributed by atoms with van der Waals surface area (Å²) in [5, 5.41) is 7.41. The van der Waals surface area contributed by atoms with Gasteiger partial charge in [-0.3, -0.25) is 14.5 Å². The number of nitrogens with zero attached hydrogens (tertiary/aromatic N) is 1. The molecule has 35 heavy (non-hydrogen) atoms. The van der Waals surface area contributed by atoms with E-state index in [0.717, 1.165) is 13.2 Å². The van der Waals surface area contributed by atoms with E-state index in [-0.39, 0.29) is 27.6 Å². The van der Waals surface area contributed by atoms with Gasteiger partial charge in [-0.15, -0.1) is 0 Å². The molecule has 0 bridgehead atoms. The second-order valence-corrected chi connectivity index (χ2v) is 10.3. The van der Waals surface area contributed by atoms with Crippen LogP contribution < -0.4 is 15.7 Å². The lowest BCUT2D eigenvalue weighted by Crippen LogP contribution is -2.28. The fourth-order valence-electron chi connectivity index (χ4n) is 3.88. The number of nitrogens with two attached hydrogens (primary N) is 1. The number of methoxy groups -OCH3 is 1. The van der Waals surface area contributed by atoms with E-state index in [2.05, 4.69) is 0 Å². The number of aryl methyl sites for hydroxylation is 1. The van der Waals surface area contributed by atoms with E-state index in [1.54, 1.807) is 17.8 Å². The number of anilines is 1. The lowest BCUT2D eigenvalue weighted by molar-refractivity contribution is -0.671. The SMILES string of the molecule is COC(=O)c1cc[n+](C)cc1-c1c2ccc(=N)c(S(=O)(=O)O)c-2oc2c(S(=O)(=O)O)c(N)ccc12. The maximum Gasteiger partial charge on any atom is 0.338 e. The van der Waals surface area contributed by atoms with Crippen LogP contribution in [0.1, 0.15) is 10.4 Å². The van der Waals surface area contributed by atoms with Crippen molar-refractivity contribution < 1.29 is 44.5 Å². The Kier molecular flexibility index (Phi) is 5.64. The highest BCUT2D eigenvalue weighted by molar-refractivity contribution is 7.86. The molecule has 0 spiro atoms. The third kappa shape index (κ3) is 4.01. The number of hydrogen-bond acceptors (Lipinski definition) is 9. The molecular formula is C21H18N3O9S2+. The Hall–Kier alpha value is -3.85. The molecule has 1 aromatic carbocycles. The van der Waals surface area contributed by atoms with E-state index >= 15 is 0 Å². The van der Waals surface area contributed by atoms with Crippen molar-refractivity contribution in [2.45, 2.75) is 9.79 Å². The predicted molar refractivity (Wildman–Crippen MR) is 121 cm³/mol. The molecule has 1 aromatic heterocycles. The molecule has 1 aliphatic carbocycles. The molecular weight excluding hydrogens is 502 g/mol. The summed E-state index contributed by atoms with van der Waals surface area (Å²) >= 11 is 0. The Morgan fingerprint density at radius 1 is 1.03 bits per heavy atom. The smallest absolute Gasteiger partial charge is 0.338 e. The molecule has 2 aliphatic rings. The molecule has 2 heterocycles. The number of pyridine rings is 1. The molecule has 0 radical (unpaired) electrons. The molecule has 182 valence electrons. The average molecular weight is 521 g/mol. The monoisotopic (exact) mass is 520 g/mol. The second-order valence-electron chi connectivity index (χ2n) is 7.54. The lowest BCUT2D eigenvalue weighted by atomic mass is 9.91. The van der Waals surface area contributed by atoms with Crippen LogP contribution in [0, 0.1) is 5.41 Å². The number of nitrogens with one attached hydrogen (secondary N) is 1. The molecule has 5 N–H and O–H groups in total. The first-order valence-corrected chi connectivity index (χ1v) is 12.5. The molecule has 0 fully saturated rings. The van der Waals surface area contributed by atoms with Crippen LogP contribution in [-0.4, -0.2) is 39.0 Å². The fraction of sp³-hybridized carbons (Fsp3) is 0.0952. The second kappa shape index (κ2) is 8.13. The van der Waals surface area contributed by atoms with Gasteiger partial charge >= 0.3 is 5.97 Å². The number of nitrogen functional groups attached to an aromatic ring is 1. The normalized spacial score (nSPS) is 12.2. The summed E-state index contributed by atoms with van der Waals surface area (Å²) < 4.78 is 80.6. The Bertz CT molecular complexity index is 1790. The zero-order valence-electron chi connectivity index (χ0n) is 18.1. The average Bonchev–Trinajstić information content (AvgIpc) is 2.74. The maximum atomic E-state index is 12.6. The van der Waals surface area contributed by atoms with Crippen LogP contribution in [0.25, 0.3) is 33.4 Å². The number of hydrogen-bond donors (Lipinski definition) is 4. The lowest BCUT2D eigenvalue weighted by Gasteiger charge is -2.19. The highest BCUT2D eigenvalue weighted by Gasteiger charge is 2.32. The number of carbonyl (C=O) groups is 1. The standard InChI is InChI=1S/C21H17N3O9S2/c1-24-8-7-10(21(25)32-2)13(9-24)16-11-3-5-14(22)19(34(26,27)28)17(11)33-18-12(16)4-6-15(23)20(18)35(29,30)31/h3-9H,1-2H3,(H4-,22,23,26,27,28,29,30,31)/p+1. The van der Waals surface area contributed by atoms with Crippen molar-refractivity contribution in [3.8, 4) is 22.5 Å². The van der Waals surface area contributed by atoms with Gasteiger partial charge in [0, 0.05) is 22.6 Å². The number of fused-ring (bicyclic) bond motifs is 2. The van der Waals surface area contributed by atoms with Crippen molar-refractivity contribution >= 4 is 42.9 Å². The van der Waals surface area contributed by atoms with Crippen molar-refractivity contribution in [1.82, 2.24) is 0 Å². The fourth-order valence-corrected chi connectivity index (χ4v) is 5.37. The van der Waals surface area contributed by atoms with Crippen molar-refractivity contribution in [1.29, 1.82) is 5.41 Å². The first-order valence-electron chi connectivity index (χ1n) is 9.65. The van der Waals surface area contributed by atoms with E-state index in [9.17, 15) is 30.7 Å². The Labute approximate surface area is 198 Å². The van der Waals surface area contributed by atoms with Crippen molar-refractivity contribution in [2.75, 3.05) is 12.8 Å². The van der Waals surface area contributed by atoms with Crippen LogP contribution in [0.15, 0.2) is 56.9 Å². The molecule has 0 saturated carbocycles. The van der Waals surface area contributed by atoms with Gasteiger partial charge in [0.15, 0.2) is 33.5 Å². The van der Waals surface area contributed by atoms with Gasteiger partial charge in [-0.25, -0.2) is 9.36 Å². The molecule has 0 amide bonds. The third-order valence-corrected chi connectivity index (χ3v) is 7.15. The van der Waals surface area contributed by atoms with Gasteiger partial charge < -0.3 is 14.9 Å². The quantitative estimate of drug-likeness (QED) is 0.100. The Balaban J connectivity index is 2.40. The van der Waals surface area contributed by atoms with Crippen LogP contribution >= 0.6 is 0 Å². The van der Waals surface area contributed by atoms with Gasteiger partial charge in [-0.1, -0.05) is 0 Å². The zero-order chi connectivity index (χ0) is 25.9. The summed E-state index contributed by atoms with van der Waals surface area (Å²) in [6.45, 7) is 0. The van der Waals surface area contributed by atoms with Gasteiger partial charge in [0.1, 0.15) is 7.05 Å². The van der Waals surface area contributed by atoms with E-state index < -0.39 is 58.4 Å². The van der Waals surface area contributed by atoms with E-state index in [4.69, 9.17) is 20.3 Å². The molecule has 4 rings (SSSR count). The summed E-state index contributed by atoms with van der Waals surface area (Å²) in [7, 11) is -7.24. The molecule has 2 aromatic rings. The highest BCUT2D eigenvalue weighted by atomic mass is 32.2. The van der Waals surface area contributed by atoms with Crippen LogP contribution in [0.5, 0.6) is 0 Å². The van der Waals surface area contributed by atoms with E-state index in [1.165, 1.54) is 30.5 Å². The zero-order valence-corrected chi connectivity index (χ0v) is 19.8. The van der Waals surface area contributed by atoms with Gasteiger partial charge in [0.05, 0.1) is 29.3 Å².